The van der Waals surface area contributed by atoms with Crippen LogP contribution >= 0.6 is 0 Å². The molecule has 2 N–H and O–H groups in total. The molecule has 0 bridgehead atoms. The molecule has 0 aliphatic heterocycles. The van der Waals surface area contributed by atoms with Crippen LogP contribution in [0.3, 0.4) is 0 Å². The normalized spacial score (nSPS) is 11.1. The molecule has 0 unspecified atom stereocenters. The lowest BCUT2D eigenvalue weighted by Gasteiger charge is -2.07. The van der Waals surface area contributed by atoms with E-state index in [4.69, 9.17) is 0 Å². The number of amides is 2. The summed E-state index contributed by atoms with van der Waals surface area (Å²) in [5.74, 6) is -0.356. The van der Waals surface area contributed by atoms with E-state index in [0.717, 1.165) is 22.7 Å². The zero-order valence-corrected chi connectivity index (χ0v) is 18.5. The average Bonchev–Trinajstić information content (AvgIpc) is 3.47. The van der Waals surface area contributed by atoms with Gasteiger partial charge in [-0.25, -0.2) is 9.97 Å². The van der Waals surface area contributed by atoms with Gasteiger partial charge in [-0.15, -0.1) is 0 Å². The first-order valence-electron chi connectivity index (χ1n) is 11.2. The minimum Gasteiger partial charge on any atom is -0.352 e. The summed E-state index contributed by atoms with van der Waals surface area (Å²) in [7, 11) is 0. The molecule has 1 aromatic carbocycles. The van der Waals surface area contributed by atoms with Crippen LogP contribution in [-0.4, -0.2) is 43.7 Å². The van der Waals surface area contributed by atoms with Gasteiger partial charge < -0.3 is 19.4 Å². The molecule has 0 saturated heterocycles. The Morgan fingerprint density at radius 2 is 1.09 bits per heavy atom. The van der Waals surface area contributed by atoms with Gasteiger partial charge in [-0.3, -0.25) is 9.59 Å². The summed E-state index contributed by atoms with van der Waals surface area (Å²) in [6.07, 6.45) is 9.09. The van der Waals surface area contributed by atoms with Gasteiger partial charge in [-0.1, -0.05) is 12.1 Å². The summed E-state index contributed by atoms with van der Waals surface area (Å²) in [6.45, 7) is 0.960. The third kappa shape index (κ3) is 4.80. The molecule has 0 fully saturated rings. The van der Waals surface area contributed by atoms with E-state index >= 15 is 0 Å². The topological polar surface area (TPSA) is 92.8 Å². The molecule has 0 radical (unpaired) electrons. The van der Waals surface area contributed by atoms with E-state index in [2.05, 4.69) is 20.6 Å². The number of nitrogens with one attached hydrogen (secondary N) is 2. The maximum atomic E-state index is 12.4. The molecule has 5 aromatic rings. The Hall–Kier alpha value is -4.46. The smallest absolute Gasteiger partial charge is 0.251 e. The van der Waals surface area contributed by atoms with Crippen LogP contribution in [0.4, 0.5) is 0 Å². The highest BCUT2D eigenvalue weighted by Gasteiger charge is 2.10. The number of nitrogens with zero attached hydrogens (tertiary/aromatic N) is 4. The second kappa shape index (κ2) is 9.58. The molecule has 34 heavy (non-hydrogen) atoms. The summed E-state index contributed by atoms with van der Waals surface area (Å²) in [5, 5.41) is 5.81. The van der Waals surface area contributed by atoms with Gasteiger partial charge >= 0.3 is 0 Å². The Morgan fingerprint density at radius 3 is 1.50 bits per heavy atom. The zero-order chi connectivity index (χ0) is 23.3. The van der Waals surface area contributed by atoms with Crippen molar-refractivity contribution in [1.29, 1.82) is 0 Å². The summed E-state index contributed by atoms with van der Waals surface area (Å²) >= 11 is 0. The van der Waals surface area contributed by atoms with Crippen molar-refractivity contribution in [3.63, 3.8) is 0 Å². The van der Waals surface area contributed by atoms with Crippen molar-refractivity contribution >= 4 is 23.1 Å². The van der Waals surface area contributed by atoms with Gasteiger partial charge in [-0.05, 0) is 48.5 Å². The second-order valence-electron chi connectivity index (χ2n) is 7.99. The molecule has 170 valence electrons. The summed E-state index contributed by atoms with van der Waals surface area (Å²) in [5.41, 5.74) is 4.63. The van der Waals surface area contributed by atoms with E-state index in [0.29, 0.717) is 37.1 Å². The van der Waals surface area contributed by atoms with Gasteiger partial charge in [0.2, 0.25) is 0 Å². The predicted molar refractivity (Wildman–Crippen MR) is 129 cm³/mol. The highest BCUT2D eigenvalue weighted by Crippen LogP contribution is 2.08. The standard InChI is InChI=1S/C26H24N6O2/c33-25(27-13-11-21-17-31-15-3-1-5-23(31)29-21)19-7-9-20(10-8-19)26(34)28-14-12-22-18-32-16-4-2-6-24(32)30-22/h1-10,15-18H,11-14H2,(H,27,33)(H,28,34). The number of aromatic nitrogens is 4. The molecule has 8 heteroatoms. The molecule has 8 nitrogen and oxygen atoms in total. The number of fused-ring (bicyclic) bond motifs is 2. The number of carbonyl (C=O) groups excluding carboxylic acids is 2. The zero-order valence-electron chi connectivity index (χ0n) is 18.5. The van der Waals surface area contributed by atoms with Crippen LogP contribution in [0.15, 0.2) is 85.5 Å². The van der Waals surface area contributed by atoms with E-state index in [1.807, 2.05) is 70.0 Å². The Balaban J connectivity index is 1.09. The highest BCUT2D eigenvalue weighted by atomic mass is 16.2. The van der Waals surface area contributed by atoms with Crippen molar-refractivity contribution in [1.82, 2.24) is 29.4 Å². The lowest BCUT2D eigenvalue weighted by molar-refractivity contribution is 0.0942. The Labute approximate surface area is 196 Å². The third-order valence-corrected chi connectivity index (χ3v) is 5.57. The van der Waals surface area contributed by atoms with Crippen LogP contribution in [0.5, 0.6) is 0 Å². The molecule has 0 saturated carbocycles. The number of hydrogen-bond acceptors (Lipinski definition) is 4. The molecule has 0 atom stereocenters. The first-order valence-corrected chi connectivity index (χ1v) is 11.2. The van der Waals surface area contributed by atoms with Crippen LogP contribution in [0, 0.1) is 0 Å². The molecule has 0 aliphatic rings. The number of carbonyl (C=O) groups is 2. The Kier molecular flexibility index (Phi) is 6.03. The SMILES string of the molecule is O=C(NCCc1cn2ccccc2n1)c1ccc(C(=O)NCCc2cn3ccccc3n2)cc1. The molecule has 5 rings (SSSR count). The van der Waals surface area contributed by atoms with Crippen LogP contribution < -0.4 is 10.6 Å². The Morgan fingerprint density at radius 1 is 0.647 bits per heavy atom. The van der Waals surface area contributed by atoms with E-state index in [1.165, 1.54) is 0 Å². The number of imidazole rings is 2. The first kappa shape index (κ1) is 21.4. The molecule has 0 aliphatic carbocycles. The highest BCUT2D eigenvalue weighted by molar-refractivity contribution is 5.97. The van der Waals surface area contributed by atoms with Gasteiger partial charge in [0.15, 0.2) is 0 Å². The summed E-state index contributed by atoms with van der Waals surface area (Å²) < 4.78 is 3.91. The quantitative estimate of drug-likeness (QED) is 0.379. The number of hydrogen-bond donors (Lipinski definition) is 2. The van der Waals surface area contributed by atoms with Gasteiger partial charge in [-0.2, -0.15) is 0 Å². The second-order valence-corrected chi connectivity index (χ2v) is 7.99. The van der Waals surface area contributed by atoms with E-state index in [9.17, 15) is 9.59 Å². The monoisotopic (exact) mass is 452 g/mol. The fourth-order valence-electron chi connectivity index (χ4n) is 3.80. The van der Waals surface area contributed by atoms with Crippen molar-refractivity contribution in [2.75, 3.05) is 13.1 Å². The number of benzene rings is 1. The van der Waals surface area contributed by atoms with Gasteiger partial charge in [0.25, 0.3) is 11.8 Å². The van der Waals surface area contributed by atoms with E-state index < -0.39 is 0 Å². The maximum absolute atomic E-state index is 12.4. The van der Waals surface area contributed by atoms with Crippen LogP contribution in [0.2, 0.25) is 0 Å². The minimum absolute atomic E-state index is 0.178. The van der Waals surface area contributed by atoms with Gasteiger partial charge in [0, 0.05) is 61.8 Å². The van der Waals surface area contributed by atoms with E-state index in [-0.39, 0.29) is 11.8 Å². The molecule has 4 aromatic heterocycles. The number of pyridine rings is 2. The predicted octanol–water partition coefficient (Wildman–Crippen LogP) is 2.93. The van der Waals surface area contributed by atoms with Crippen LogP contribution in [0.25, 0.3) is 11.3 Å². The van der Waals surface area contributed by atoms with Gasteiger partial charge in [0.05, 0.1) is 11.4 Å². The summed E-state index contributed by atoms with van der Waals surface area (Å²) in [4.78, 5) is 33.9. The molecule has 0 spiro atoms. The van der Waals surface area contributed by atoms with Crippen molar-refractivity contribution in [2.24, 2.45) is 0 Å². The van der Waals surface area contributed by atoms with Gasteiger partial charge in [0.1, 0.15) is 11.3 Å². The third-order valence-electron chi connectivity index (χ3n) is 5.57. The maximum Gasteiger partial charge on any atom is 0.251 e. The number of rotatable bonds is 8. The summed E-state index contributed by atoms with van der Waals surface area (Å²) in [6, 6.07) is 18.3. The fraction of sp³-hybridized carbons (Fsp3) is 0.154. The lowest BCUT2D eigenvalue weighted by Crippen LogP contribution is -2.27. The average molecular weight is 453 g/mol. The fourth-order valence-corrected chi connectivity index (χ4v) is 3.80. The lowest BCUT2D eigenvalue weighted by atomic mass is 10.1. The largest absolute Gasteiger partial charge is 0.352 e. The molecular formula is C26H24N6O2. The van der Waals surface area contributed by atoms with Crippen molar-refractivity contribution in [2.45, 2.75) is 12.8 Å². The van der Waals surface area contributed by atoms with Crippen LogP contribution in [-0.2, 0) is 12.8 Å². The minimum atomic E-state index is -0.178. The van der Waals surface area contributed by atoms with E-state index in [1.54, 1.807) is 24.3 Å². The molecular weight excluding hydrogens is 428 g/mol. The van der Waals surface area contributed by atoms with Crippen molar-refractivity contribution in [3.8, 4) is 0 Å². The van der Waals surface area contributed by atoms with Crippen molar-refractivity contribution in [3.05, 3.63) is 108 Å². The molecule has 4 heterocycles. The Bertz CT molecular complexity index is 1270. The molecule has 2 amide bonds. The van der Waals surface area contributed by atoms with Crippen molar-refractivity contribution < 1.29 is 9.59 Å². The van der Waals surface area contributed by atoms with Crippen LogP contribution in [0.1, 0.15) is 32.1 Å². The first-order chi connectivity index (χ1) is 16.7.